The number of anilines is 1. The Balaban J connectivity index is 2.40. The molecule has 180 valence electrons. The minimum Gasteiger partial charge on any atom is -0.352 e. The van der Waals surface area contributed by atoms with Gasteiger partial charge in [-0.1, -0.05) is 18.2 Å². The van der Waals surface area contributed by atoms with Gasteiger partial charge >= 0.3 is 0 Å². The summed E-state index contributed by atoms with van der Waals surface area (Å²) in [5.74, 6) is -1.33. The Labute approximate surface area is 195 Å². The molecule has 1 N–H and O–H groups in total. The van der Waals surface area contributed by atoms with Crippen LogP contribution < -0.4 is 9.62 Å². The molecule has 7 nitrogen and oxygen atoms in total. The molecule has 0 radical (unpaired) electrons. The first-order valence-corrected chi connectivity index (χ1v) is 12.5. The number of benzene rings is 2. The lowest BCUT2D eigenvalue weighted by atomic mass is 10.1. The van der Waals surface area contributed by atoms with E-state index in [9.17, 15) is 22.4 Å². The summed E-state index contributed by atoms with van der Waals surface area (Å²) in [4.78, 5) is 27.4. The van der Waals surface area contributed by atoms with E-state index in [1.807, 2.05) is 27.7 Å². The zero-order valence-corrected chi connectivity index (χ0v) is 20.7. The van der Waals surface area contributed by atoms with Gasteiger partial charge in [0.1, 0.15) is 18.4 Å². The van der Waals surface area contributed by atoms with Crippen LogP contribution in [-0.4, -0.2) is 50.0 Å². The molecule has 0 unspecified atom stereocenters. The summed E-state index contributed by atoms with van der Waals surface area (Å²) in [6.07, 6.45) is 1.04. The number of sulfonamides is 1. The largest absolute Gasteiger partial charge is 0.352 e. The molecule has 9 heteroatoms. The predicted molar refractivity (Wildman–Crippen MR) is 128 cm³/mol. The highest BCUT2D eigenvalue weighted by Gasteiger charge is 2.30. The van der Waals surface area contributed by atoms with Crippen LogP contribution in [0.25, 0.3) is 0 Å². The third-order valence-electron chi connectivity index (χ3n) is 5.32. The maximum atomic E-state index is 13.4. The first-order valence-electron chi connectivity index (χ1n) is 10.7. The summed E-state index contributed by atoms with van der Waals surface area (Å²) < 4.78 is 39.5. The van der Waals surface area contributed by atoms with Crippen molar-refractivity contribution in [3.05, 3.63) is 65.0 Å². The normalized spacial score (nSPS) is 12.4. The highest BCUT2D eigenvalue weighted by atomic mass is 32.2. The molecule has 0 bridgehead atoms. The summed E-state index contributed by atoms with van der Waals surface area (Å²) in [6, 6.07) is 9.75. The van der Waals surface area contributed by atoms with E-state index in [1.54, 1.807) is 25.1 Å². The zero-order valence-electron chi connectivity index (χ0n) is 19.9. The van der Waals surface area contributed by atoms with Crippen molar-refractivity contribution in [3.8, 4) is 0 Å². The number of nitrogens with zero attached hydrogens (tertiary/aromatic N) is 2. The smallest absolute Gasteiger partial charge is 0.244 e. The molecule has 0 aliphatic carbocycles. The summed E-state index contributed by atoms with van der Waals surface area (Å²) in [6.45, 7) is 8.52. The number of hydrogen-bond donors (Lipinski definition) is 1. The lowest BCUT2D eigenvalue weighted by Crippen LogP contribution is -2.52. The molecular formula is C24H32FN3O4S. The number of nitrogens with one attached hydrogen (secondary N) is 1. The fourth-order valence-corrected chi connectivity index (χ4v) is 4.11. The molecule has 2 aromatic carbocycles. The summed E-state index contributed by atoms with van der Waals surface area (Å²) in [5.41, 5.74) is 2.87. The quantitative estimate of drug-likeness (QED) is 0.601. The van der Waals surface area contributed by atoms with E-state index in [0.29, 0.717) is 11.3 Å². The molecule has 0 saturated heterocycles. The molecule has 2 aromatic rings. The Morgan fingerprint density at radius 2 is 1.61 bits per heavy atom. The third-order valence-corrected chi connectivity index (χ3v) is 6.46. The average molecular weight is 478 g/mol. The Bertz CT molecular complexity index is 1100. The zero-order chi connectivity index (χ0) is 24.9. The van der Waals surface area contributed by atoms with Gasteiger partial charge in [-0.3, -0.25) is 13.9 Å². The van der Waals surface area contributed by atoms with Gasteiger partial charge in [0.15, 0.2) is 0 Å². The first-order chi connectivity index (χ1) is 15.3. The van der Waals surface area contributed by atoms with E-state index in [2.05, 4.69) is 5.32 Å². The summed E-state index contributed by atoms with van der Waals surface area (Å²) in [5, 5.41) is 2.78. The van der Waals surface area contributed by atoms with Crippen molar-refractivity contribution in [2.24, 2.45) is 0 Å². The Kier molecular flexibility index (Phi) is 8.60. The fraction of sp³-hybridized carbons (Fsp3) is 0.417. The minimum absolute atomic E-state index is 0.0241. The van der Waals surface area contributed by atoms with Crippen LogP contribution in [-0.2, 0) is 26.2 Å². The topological polar surface area (TPSA) is 86.8 Å². The lowest BCUT2D eigenvalue weighted by molar-refractivity contribution is -0.139. The van der Waals surface area contributed by atoms with Crippen LogP contribution in [0.3, 0.4) is 0 Å². The van der Waals surface area contributed by atoms with E-state index >= 15 is 0 Å². The molecule has 0 fully saturated rings. The Morgan fingerprint density at radius 3 is 2.12 bits per heavy atom. The molecule has 0 saturated carbocycles. The van der Waals surface area contributed by atoms with Crippen LogP contribution in [0.4, 0.5) is 10.1 Å². The van der Waals surface area contributed by atoms with Gasteiger partial charge in [0, 0.05) is 12.6 Å². The highest BCUT2D eigenvalue weighted by molar-refractivity contribution is 7.92. The molecule has 0 heterocycles. The van der Waals surface area contributed by atoms with E-state index in [4.69, 9.17) is 0 Å². The average Bonchev–Trinajstić information content (AvgIpc) is 2.71. The van der Waals surface area contributed by atoms with Crippen molar-refractivity contribution in [1.29, 1.82) is 0 Å². The van der Waals surface area contributed by atoms with E-state index < -0.39 is 34.3 Å². The van der Waals surface area contributed by atoms with Crippen molar-refractivity contribution in [2.45, 2.75) is 53.2 Å². The van der Waals surface area contributed by atoms with Crippen LogP contribution in [0.15, 0.2) is 42.5 Å². The number of rotatable bonds is 9. The second-order valence-corrected chi connectivity index (χ2v) is 10.4. The SMILES string of the molecule is Cc1ccc(N(CC(=O)N(Cc2ccc(F)cc2)[C@H](C)C(=O)NC(C)C)S(C)(=O)=O)cc1C. The maximum absolute atomic E-state index is 13.4. The standard InChI is InChI=1S/C24H32FN3O4S/c1-16(2)26-24(30)19(5)27(14-20-8-10-21(25)11-9-20)23(29)15-28(33(6,31)32)22-12-7-17(3)18(4)13-22/h7-13,16,19H,14-15H2,1-6H3,(H,26,30)/t19-/m1/s1. The number of amides is 2. The molecule has 0 spiro atoms. The van der Waals surface area contributed by atoms with Gasteiger partial charge in [-0.15, -0.1) is 0 Å². The molecule has 2 amide bonds. The number of aryl methyl sites for hydroxylation is 2. The van der Waals surface area contributed by atoms with Crippen LogP contribution in [0.2, 0.25) is 0 Å². The molecular weight excluding hydrogens is 445 g/mol. The van der Waals surface area contributed by atoms with Gasteiger partial charge in [0.25, 0.3) is 0 Å². The van der Waals surface area contributed by atoms with Crippen LogP contribution in [0.1, 0.15) is 37.5 Å². The molecule has 0 aliphatic heterocycles. The second-order valence-electron chi connectivity index (χ2n) is 8.53. The fourth-order valence-electron chi connectivity index (χ4n) is 3.27. The van der Waals surface area contributed by atoms with Gasteiger partial charge in [-0.2, -0.15) is 0 Å². The van der Waals surface area contributed by atoms with Gasteiger partial charge < -0.3 is 10.2 Å². The van der Waals surface area contributed by atoms with Crippen molar-refractivity contribution in [2.75, 3.05) is 17.1 Å². The van der Waals surface area contributed by atoms with E-state index in [0.717, 1.165) is 21.7 Å². The number of carbonyl (C=O) groups is 2. The minimum atomic E-state index is -3.78. The highest BCUT2D eigenvalue weighted by Crippen LogP contribution is 2.22. The summed E-state index contributed by atoms with van der Waals surface area (Å²) >= 11 is 0. The van der Waals surface area contributed by atoms with Crippen molar-refractivity contribution < 1.29 is 22.4 Å². The molecule has 33 heavy (non-hydrogen) atoms. The molecule has 2 rings (SSSR count). The molecule has 1 atom stereocenters. The van der Waals surface area contributed by atoms with Crippen molar-refractivity contribution in [3.63, 3.8) is 0 Å². The molecule has 0 aliphatic rings. The lowest BCUT2D eigenvalue weighted by Gasteiger charge is -2.32. The Hall–Kier alpha value is -2.94. The first kappa shape index (κ1) is 26.3. The van der Waals surface area contributed by atoms with E-state index in [1.165, 1.54) is 29.2 Å². The van der Waals surface area contributed by atoms with Crippen molar-refractivity contribution >= 4 is 27.5 Å². The van der Waals surface area contributed by atoms with E-state index in [-0.39, 0.29) is 18.5 Å². The second kappa shape index (κ2) is 10.8. The van der Waals surface area contributed by atoms with Gasteiger partial charge in [0.05, 0.1) is 11.9 Å². The van der Waals surface area contributed by atoms with Crippen LogP contribution in [0, 0.1) is 19.7 Å². The monoisotopic (exact) mass is 477 g/mol. The van der Waals surface area contributed by atoms with Gasteiger partial charge in [0.2, 0.25) is 21.8 Å². The van der Waals surface area contributed by atoms with Gasteiger partial charge in [-0.05, 0) is 75.6 Å². The van der Waals surface area contributed by atoms with Crippen LogP contribution in [0.5, 0.6) is 0 Å². The summed E-state index contributed by atoms with van der Waals surface area (Å²) in [7, 11) is -3.78. The van der Waals surface area contributed by atoms with Crippen LogP contribution >= 0.6 is 0 Å². The van der Waals surface area contributed by atoms with Gasteiger partial charge in [-0.25, -0.2) is 12.8 Å². The maximum Gasteiger partial charge on any atom is 0.244 e. The number of carbonyl (C=O) groups excluding carboxylic acids is 2. The molecule has 0 aromatic heterocycles. The number of hydrogen-bond acceptors (Lipinski definition) is 4. The third kappa shape index (κ3) is 7.28. The Morgan fingerprint density at radius 1 is 1.00 bits per heavy atom. The van der Waals surface area contributed by atoms with Crippen molar-refractivity contribution in [1.82, 2.24) is 10.2 Å². The predicted octanol–water partition coefficient (Wildman–Crippen LogP) is 3.15. The number of halogens is 1.